The molecule has 0 N–H and O–H groups in total. The molecule has 0 saturated heterocycles. The van der Waals surface area contributed by atoms with Crippen LogP contribution >= 0.6 is 11.6 Å². The Morgan fingerprint density at radius 3 is 1.84 bits per heavy atom. The number of unbranched alkanes of at least 4 members (excludes halogenated alkanes) is 3. The summed E-state index contributed by atoms with van der Waals surface area (Å²) >= 11 is 2.99. The van der Waals surface area contributed by atoms with Crippen molar-refractivity contribution in [3.8, 4) is 0 Å². The van der Waals surface area contributed by atoms with Gasteiger partial charge in [0, 0.05) is 0 Å². The van der Waals surface area contributed by atoms with Crippen molar-refractivity contribution in [3.05, 3.63) is 70.7 Å². The third kappa shape index (κ3) is 8.65. The van der Waals surface area contributed by atoms with Gasteiger partial charge in [0.25, 0.3) is 0 Å². The predicted octanol–water partition coefficient (Wildman–Crippen LogP) is 8.77. The van der Waals surface area contributed by atoms with Gasteiger partial charge in [0.2, 0.25) is 0 Å². The van der Waals surface area contributed by atoms with Gasteiger partial charge in [-0.15, -0.1) is 0 Å². The topological polar surface area (TPSA) is 26.3 Å². The van der Waals surface area contributed by atoms with E-state index in [4.69, 9.17) is 14.7 Å². The van der Waals surface area contributed by atoms with Crippen LogP contribution in [0.5, 0.6) is 0 Å². The molecule has 0 unspecified atom stereocenters. The molecular weight excluding hydrogens is 510 g/mol. The van der Waals surface area contributed by atoms with Crippen molar-refractivity contribution in [2.75, 3.05) is 0 Å². The average molecular weight is 548 g/mol. The Morgan fingerprint density at radius 2 is 1.35 bits per heavy atom. The first-order valence-corrected chi connectivity index (χ1v) is 19.4. The Balaban J connectivity index is 2.40. The second-order valence-electron chi connectivity index (χ2n) is 8.36. The number of hydrogen-bond donors (Lipinski definition) is 0. The minimum absolute atomic E-state index is 0.139. The molecule has 0 aliphatic rings. The van der Waals surface area contributed by atoms with Crippen LogP contribution in [-0.4, -0.2) is 24.8 Å². The van der Waals surface area contributed by atoms with Crippen LogP contribution in [0.3, 0.4) is 0 Å². The summed E-state index contributed by atoms with van der Waals surface area (Å²) < 4.78 is 10.1. The van der Waals surface area contributed by atoms with Crippen LogP contribution in [0.4, 0.5) is 0 Å². The average Bonchev–Trinajstić information content (AvgIpc) is 2.80. The Hall–Kier alpha value is -1.26. The van der Waals surface area contributed by atoms with E-state index >= 15 is 0 Å². The summed E-state index contributed by atoms with van der Waals surface area (Å²) in [6, 6.07) is 17.5. The van der Waals surface area contributed by atoms with E-state index in [0.29, 0.717) is 10.6 Å². The Bertz CT molecular complexity index is 793. The standard InChI is InChI=1S/C15H11ClO2.3C4H9.Sn/c16-13-8-6-11(7-9-13)10-14(15(17)18)12-4-2-1-3-5-12;3*1-3-4-2;/h1-10H,(H,17,18);3*1,3-4H2,2H3;/q;;;;+1/p-1/b14-10+;;;;. The van der Waals surface area contributed by atoms with E-state index in [2.05, 4.69) is 20.8 Å². The molecule has 0 spiro atoms. The molecule has 0 saturated carbocycles. The summed E-state index contributed by atoms with van der Waals surface area (Å²) in [4.78, 5) is 13.7. The number of hydrogen-bond acceptors (Lipinski definition) is 2. The first kappa shape index (κ1) is 26.0. The van der Waals surface area contributed by atoms with Gasteiger partial charge in [-0.1, -0.05) is 0 Å². The van der Waals surface area contributed by atoms with E-state index in [1.165, 1.54) is 19.3 Å². The first-order valence-electron chi connectivity index (χ1n) is 11.8. The number of benzene rings is 2. The van der Waals surface area contributed by atoms with Crippen molar-refractivity contribution in [3.63, 3.8) is 0 Å². The van der Waals surface area contributed by atoms with E-state index < -0.39 is 18.8 Å². The van der Waals surface area contributed by atoms with Crippen molar-refractivity contribution in [1.29, 1.82) is 0 Å². The molecule has 0 aliphatic heterocycles. The number of rotatable bonds is 13. The normalized spacial score (nSPS) is 12.1. The third-order valence-corrected chi connectivity index (χ3v) is 18.6. The number of halogens is 1. The fourth-order valence-electron chi connectivity index (χ4n) is 3.88. The van der Waals surface area contributed by atoms with E-state index in [-0.39, 0.29) is 5.97 Å². The second-order valence-corrected chi connectivity index (χ2v) is 20.4. The summed E-state index contributed by atoms with van der Waals surface area (Å²) in [5.74, 6) is -0.139. The third-order valence-electron chi connectivity index (χ3n) is 5.75. The SMILES string of the molecule is CCC[CH2][Sn]([CH2]CCC)([CH2]CCC)[O]C(=O)/C(=C/c1ccc(Cl)cc1)c1ccccc1. The van der Waals surface area contributed by atoms with Gasteiger partial charge in [-0.2, -0.15) is 0 Å². The molecule has 2 aromatic rings. The Labute approximate surface area is 198 Å². The van der Waals surface area contributed by atoms with Crippen LogP contribution in [0.1, 0.15) is 70.4 Å². The number of carbonyl (C=O) groups is 1. The van der Waals surface area contributed by atoms with E-state index in [0.717, 1.165) is 43.7 Å². The van der Waals surface area contributed by atoms with E-state index in [1.54, 1.807) is 0 Å². The predicted molar refractivity (Wildman–Crippen MR) is 137 cm³/mol. The van der Waals surface area contributed by atoms with E-state index in [1.807, 2.05) is 60.7 Å². The molecular formula is C27H37ClO2Sn. The first-order chi connectivity index (χ1) is 15.0. The summed E-state index contributed by atoms with van der Waals surface area (Å²) in [5, 5.41) is 0.690. The van der Waals surface area contributed by atoms with E-state index in [9.17, 15) is 4.79 Å². The molecule has 2 nitrogen and oxygen atoms in total. The molecule has 0 aliphatic carbocycles. The fourth-order valence-corrected chi connectivity index (χ4v) is 17.0. The zero-order valence-electron chi connectivity index (χ0n) is 19.3. The quantitative estimate of drug-likeness (QED) is 0.142. The van der Waals surface area contributed by atoms with Gasteiger partial charge in [-0.05, 0) is 0 Å². The van der Waals surface area contributed by atoms with Crippen molar-refractivity contribution < 1.29 is 7.87 Å². The van der Waals surface area contributed by atoms with Gasteiger partial charge in [0.1, 0.15) is 0 Å². The van der Waals surface area contributed by atoms with Crippen LogP contribution in [0.2, 0.25) is 18.3 Å². The fraction of sp³-hybridized carbons (Fsp3) is 0.444. The molecule has 0 radical (unpaired) electrons. The molecule has 4 heteroatoms. The molecule has 2 aromatic carbocycles. The summed E-state index contributed by atoms with van der Waals surface area (Å²) in [7, 11) is 0. The molecule has 0 atom stereocenters. The van der Waals surface area contributed by atoms with Crippen LogP contribution in [-0.2, 0) is 7.87 Å². The summed E-state index contributed by atoms with van der Waals surface area (Å²) in [6.45, 7) is 6.69. The van der Waals surface area contributed by atoms with Gasteiger partial charge in [-0.25, -0.2) is 0 Å². The van der Waals surface area contributed by atoms with Crippen LogP contribution < -0.4 is 0 Å². The van der Waals surface area contributed by atoms with Crippen LogP contribution in [0.25, 0.3) is 11.6 Å². The molecule has 0 aromatic heterocycles. The van der Waals surface area contributed by atoms with Crippen molar-refractivity contribution in [2.24, 2.45) is 0 Å². The monoisotopic (exact) mass is 548 g/mol. The van der Waals surface area contributed by atoms with Gasteiger partial charge in [0.15, 0.2) is 0 Å². The molecule has 0 fully saturated rings. The molecule has 0 amide bonds. The van der Waals surface area contributed by atoms with Gasteiger partial charge in [0.05, 0.1) is 0 Å². The molecule has 31 heavy (non-hydrogen) atoms. The Morgan fingerprint density at radius 1 is 0.839 bits per heavy atom. The maximum absolute atomic E-state index is 13.7. The Kier molecular flexibility index (Phi) is 11.7. The maximum atomic E-state index is 13.7. The summed E-state index contributed by atoms with van der Waals surface area (Å²) in [5.41, 5.74) is 2.51. The zero-order valence-corrected chi connectivity index (χ0v) is 22.9. The van der Waals surface area contributed by atoms with Crippen molar-refractivity contribution in [2.45, 2.75) is 72.6 Å². The molecule has 168 valence electrons. The minimum atomic E-state index is -3.06. The molecule has 0 bridgehead atoms. The second kappa shape index (κ2) is 14.0. The van der Waals surface area contributed by atoms with Gasteiger partial charge >= 0.3 is 199 Å². The molecule has 2 rings (SSSR count). The van der Waals surface area contributed by atoms with Crippen LogP contribution in [0, 0.1) is 0 Å². The van der Waals surface area contributed by atoms with Crippen molar-refractivity contribution in [1.82, 2.24) is 0 Å². The van der Waals surface area contributed by atoms with Crippen LogP contribution in [0.15, 0.2) is 54.6 Å². The van der Waals surface area contributed by atoms with Gasteiger partial charge in [-0.3, -0.25) is 0 Å². The number of carbonyl (C=O) groups excluding carboxylic acids is 1. The van der Waals surface area contributed by atoms with Crippen molar-refractivity contribution >= 4 is 48.0 Å². The summed E-state index contributed by atoms with van der Waals surface area (Å²) in [6.07, 6.45) is 8.90. The van der Waals surface area contributed by atoms with Gasteiger partial charge < -0.3 is 0 Å². The molecule has 0 heterocycles. The zero-order chi connectivity index (χ0) is 22.5.